The van der Waals surface area contributed by atoms with Crippen LogP contribution in [0.5, 0.6) is 0 Å². The van der Waals surface area contributed by atoms with Gasteiger partial charge in [-0.05, 0) is 0 Å². The zero-order valence-corrected chi connectivity index (χ0v) is 10.4. The summed E-state index contributed by atoms with van der Waals surface area (Å²) in [5.74, 6) is 2.04. The number of hydrogen-bond donors (Lipinski definition) is 2. The molecular formula is C9H15NO4S2. The van der Waals surface area contributed by atoms with Gasteiger partial charge >= 0.3 is 5.97 Å². The number of rotatable bonds is 6. The Morgan fingerprint density at radius 2 is 2.19 bits per heavy atom. The number of carboxylic acids is 1. The summed E-state index contributed by atoms with van der Waals surface area (Å²) < 4.78 is 4.67. The lowest BCUT2D eigenvalue weighted by atomic mass is 10.4. The molecule has 1 saturated heterocycles. The van der Waals surface area contributed by atoms with Crippen LogP contribution in [-0.2, 0) is 14.3 Å². The van der Waals surface area contributed by atoms with Gasteiger partial charge in [0.2, 0.25) is 5.91 Å². The van der Waals surface area contributed by atoms with Crippen LogP contribution in [0.1, 0.15) is 0 Å². The van der Waals surface area contributed by atoms with Crippen LogP contribution in [0, 0.1) is 0 Å². The monoisotopic (exact) mass is 265 g/mol. The van der Waals surface area contributed by atoms with Gasteiger partial charge in [-0.3, -0.25) is 4.79 Å². The van der Waals surface area contributed by atoms with Gasteiger partial charge in [-0.25, -0.2) is 4.79 Å². The normalized spacial score (nSPS) is 20.4. The number of amides is 1. The Morgan fingerprint density at radius 3 is 2.81 bits per heavy atom. The highest BCUT2D eigenvalue weighted by molar-refractivity contribution is 8.06. The van der Waals surface area contributed by atoms with E-state index in [2.05, 4.69) is 10.1 Å². The third kappa shape index (κ3) is 6.24. The molecule has 0 bridgehead atoms. The number of carbonyl (C=O) groups excluding carboxylic acids is 1. The number of hydrogen-bond acceptors (Lipinski definition) is 5. The van der Waals surface area contributed by atoms with E-state index in [4.69, 9.17) is 5.11 Å². The first kappa shape index (κ1) is 13.7. The highest BCUT2D eigenvalue weighted by Gasteiger charge is 2.15. The van der Waals surface area contributed by atoms with Crippen LogP contribution < -0.4 is 5.32 Å². The van der Waals surface area contributed by atoms with Crippen LogP contribution in [0.25, 0.3) is 0 Å². The van der Waals surface area contributed by atoms with E-state index >= 15 is 0 Å². The van der Waals surface area contributed by atoms with Crippen molar-refractivity contribution in [2.75, 3.05) is 37.0 Å². The van der Waals surface area contributed by atoms with Crippen LogP contribution in [0.4, 0.5) is 0 Å². The van der Waals surface area contributed by atoms with E-state index < -0.39 is 12.6 Å². The van der Waals surface area contributed by atoms with Crippen molar-refractivity contribution in [3.05, 3.63) is 0 Å². The molecule has 0 aromatic heterocycles. The molecule has 92 valence electrons. The van der Waals surface area contributed by atoms with Gasteiger partial charge in [0.25, 0.3) is 0 Å². The zero-order chi connectivity index (χ0) is 11.8. The number of nitrogens with one attached hydrogen (secondary N) is 1. The van der Waals surface area contributed by atoms with E-state index in [9.17, 15) is 9.59 Å². The lowest BCUT2D eigenvalue weighted by molar-refractivity contribution is -0.143. The van der Waals surface area contributed by atoms with Crippen molar-refractivity contribution in [2.45, 2.75) is 5.25 Å². The Hall–Kier alpha value is -0.400. The van der Waals surface area contributed by atoms with Gasteiger partial charge < -0.3 is 15.2 Å². The van der Waals surface area contributed by atoms with Gasteiger partial charge in [0, 0.05) is 29.1 Å². The molecule has 0 aliphatic carbocycles. The minimum absolute atomic E-state index is 0.184. The fourth-order valence-electron chi connectivity index (χ4n) is 1.16. The Morgan fingerprint density at radius 1 is 1.38 bits per heavy atom. The Labute approximate surface area is 103 Å². The van der Waals surface area contributed by atoms with Gasteiger partial charge in [-0.2, -0.15) is 23.5 Å². The Kier molecular flexibility index (Phi) is 6.67. The van der Waals surface area contributed by atoms with Gasteiger partial charge in [-0.15, -0.1) is 0 Å². The van der Waals surface area contributed by atoms with Crippen molar-refractivity contribution in [1.29, 1.82) is 0 Å². The van der Waals surface area contributed by atoms with Crippen molar-refractivity contribution >= 4 is 35.4 Å². The Balaban J connectivity index is 2.02. The highest BCUT2D eigenvalue weighted by atomic mass is 32.2. The summed E-state index contributed by atoms with van der Waals surface area (Å²) in [6, 6.07) is 0. The lowest BCUT2D eigenvalue weighted by Crippen LogP contribution is -2.35. The molecule has 0 saturated carbocycles. The maximum atomic E-state index is 11.2. The third-order valence-electron chi connectivity index (χ3n) is 1.87. The van der Waals surface area contributed by atoms with E-state index in [-0.39, 0.29) is 12.5 Å². The van der Waals surface area contributed by atoms with E-state index in [0.717, 1.165) is 11.5 Å². The molecule has 7 heteroatoms. The Bertz CT molecular complexity index is 244. The fourth-order valence-corrected chi connectivity index (χ4v) is 3.78. The molecule has 1 aliphatic heterocycles. The van der Waals surface area contributed by atoms with Gasteiger partial charge in [0.15, 0.2) is 0 Å². The fraction of sp³-hybridized carbons (Fsp3) is 0.778. The predicted molar refractivity (Wildman–Crippen MR) is 65.0 cm³/mol. The van der Waals surface area contributed by atoms with E-state index in [1.54, 1.807) is 0 Å². The SMILES string of the molecule is O=C(O)COCC(=O)NCC1CSCCS1. The number of thioether (sulfide) groups is 2. The molecule has 1 atom stereocenters. The van der Waals surface area contributed by atoms with Gasteiger partial charge in [0.1, 0.15) is 13.2 Å². The first-order valence-corrected chi connectivity index (χ1v) is 7.14. The minimum Gasteiger partial charge on any atom is -0.480 e. The molecule has 16 heavy (non-hydrogen) atoms. The highest BCUT2D eigenvalue weighted by Crippen LogP contribution is 2.23. The summed E-state index contributed by atoms with van der Waals surface area (Å²) in [7, 11) is 0. The average Bonchev–Trinajstić information content (AvgIpc) is 2.27. The standard InChI is InChI=1S/C9H15NO4S2/c11-8(4-14-5-9(12)13)10-3-7-6-15-1-2-16-7/h7H,1-6H2,(H,10,11)(H,12,13). The molecule has 0 aromatic carbocycles. The summed E-state index contributed by atoms with van der Waals surface area (Å²) >= 11 is 3.76. The van der Waals surface area contributed by atoms with Crippen molar-refractivity contribution in [2.24, 2.45) is 0 Å². The average molecular weight is 265 g/mol. The summed E-state index contributed by atoms with van der Waals surface area (Å²) in [6.45, 7) is 0.0191. The topological polar surface area (TPSA) is 75.6 Å². The van der Waals surface area contributed by atoms with Crippen LogP contribution >= 0.6 is 23.5 Å². The molecule has 1 heterocycles. The molecule has 2 N–H and O–H groups in total. The molecule has 1 aliphatic rings. The van der Waals surface area contributed by atoms with Crippen molar-refractivity contribution in [3.8, 4) is 0 Å². The van der Waals surface area contributed by atoms with Gasteiger partial charge in [-0.1, -0.05) is 0 Å². The van der Waals surface area contributed by atoms with Crippen LogP contribution in [0.2, 0.25) is 0 Å². The number of carbonyl (C=O) groups is 2. The summed E-state index contributed by atoms with van der Waals surface area (Å²) in [4.78, 5) is 21.3. The lowest BCUT2D eigenvalue weighted by Gasteiger charge is -2.20. The number of aliphatic carboxylic acids is 1. The smallest absolute Gasteiger partial charge is 0.329 e. The second kappa shape index (κ2) is 7.81. The van der Waals surface area contributed by atoms with Crippen molar-refractivity contribution < 1.29 is 19.4 Å². The first-order valence-electron chi connectivity index (χ1n) is 4.94. The minimum atomic E-state index is -1.06. The predicted octanol–water partition coefficient (Wildman–Crippen LogP) is 0.0524. The molecule has 0 aromatic rings. The summed E-state index contributed by atoms with van der Waals surface area (Å²) in [5, 5.41) is 11.5. The molecular weight excluding hydrogens is 250 g/mol. The third-order valence-corrected chi connectivity index (χ3v) is 4.72. The molecule has 1 amide bonds. The van der Waals surface area contributed by atoms with Crippen LogP contribution in [-0.4, -0.2) is 59.3 Å². The number of ether oxygens (including phenoxy) is 1. The molecule has 5 nitrogen and oxygen atoms in total. The molecule has 1 unspecified atom stereocenters. The summed E-state index contributed by atoms with van der Waals surface area (Å²) in [5.41, 5.74) is 0. The maximum Gasteiger partial charge on any atom is 0.329 e. The van der Waals surface area contributed by atoms with E-state index in [1.807, 2.05) is 23.5 Å². The van der Waals surface area contributed by atoms with Crippen LogP contribution in [0.3, 0.4) is 0 Å². The zero-order valence-electron chi connectivity index (χ0n) is 8.81. The van der Waals surface area contributed by atoms with Crippen molar-refractivity contribution in [1.82, 2.24) is 5.32 Å². The van der Waals surface area contributed by atoms with E-state index in [1.165, 1.54) is 5.75 Å². The van der Waals surface area contributed by atoms with Gasteiger partial charge in [0.05, 0.1) is 0 Å². The molecule has 1 rings (SSSR count). The maximum absolute atomic E-state index is 11.2. The molecule has 0 radical (unpaired) electrons. The van der Waals surface area contributed by atoms with Crippen LogP contribution in [0.15, 0.2) is 0 Å². The van der Waals surface area contributed by atoms with Crippen molar-refractivity contribution in [3.63, 3.8) is 0 Å². The second-order valence-corrected chi connectivity index (χ2v) is 5.82. The second-order valence-electron chi connectivity index (χ2n) is 3.26. The number of carboxylic acid groups (broad SMARTS) is 1. The molecule has 1 fully saturated rings. The first-order chi connectivity index (χ1) is 7.68. The summed E-state index contributed by atoms with van der Waals surface area (Å²) in [6.07, 6.45) is 0. The largest absolute Gasteiger partial charge is 0.480 e. The molecule has 0 spiro atoms. The van der Waals surface area contributed by atoms with E-state index in [0.29, 0.717) is 11.8 Å². The quantitative estimate of drug-likeness (QED) is 0.707.